The van der Waals surface area contributed by atoms with Gasteiger partial charge in [-0.15, -0.1) is 10.2 Å². The zero-order chi connectivity index (χ0) is 14.8. The average molecular weight is 275 g/mol. The first-order valence-corrected chi connectivity index (χ1v) is 6.23. The SMILES string of the molecule is CN(Cc1nnc(-c2ccccc2)o1)C(C)(C)C(=O)O. The number of hydrogen-bond donors (Lipinski definition) is 1. The molecule has 0 saturated carbocycles. The Morgan fingerprint density at radius 3 is 2.55 bits per heavy atom. The van der Waals surface area contributed by atoms with Gasteiger partial charge in [-0.05, 0) is 33.0 Å². The van der Waals surface area contributed by atoms with E-state index in [2.05, 4.69) is 10.2 Å². The third kappa shape index (κ3) is 2.85. The van der Waals surface area contributed by atoms with Gasteiger partial charge in [-0.2, -0.15) is 0 Å². The molecule has 0 unspecified atom stereocenters. The predicted octanol–water partition coefficient (Wildman–Crippen LogP) is 2.03. The molecule has 0 atom stereocenters. The van der Waals surface area contributed by atoms with Gasteiger partial charge in [0.1, 0.15) is 5.54 Å². The summed E-state index contributed by atoms with van der Waals surface area (Å²) in [7, 11) is 1.71. The molecule has 0 aliphatic rings. The highest BCUT2D eigenvalue weighted by molar-refractivity contribution is 5.77. The van der Waals surface area contributed by atoms with E-state index in [9.17, 15) is 4.79 Å². The first-order chi connectivity index (χ1) is 9.41. The molecule has 0 fully saturated rings. The third-order valence-electron chi connectivity index (χ3n) is 3.34. The zero-order valence-corrected chi connectivity index (χ0v) is 11.7. The molecular formula is C14H17N3O3. The summed E-state index contributed by atoms with van der Waals surface area (Å²) in [5.41, 5.74) is -0.159. The molecule has 1 heterocycles. The van der Waals surface area contributed by atoms with E-state index in [1.165, 1.54) is 0 Å². The van der Waals surface area contributed by atoms with Gasteiger partial charge in [-0.1, -0.05) is 18.2 Å². The summed E-state index contributed by atoms with van der Waals surface area (Å²) in [6.07, 6.45) is 0. The van der Waals surface area contributed by atoms with Crippen molar-refractivity contribution in [1.82, 2.24) is 15.1 Å². The monoisotopic (exact) mass is 275 g/mol. The van der Waals surface area contributed by atoms with Crippen LogP contribution in [-0.2, 0) is 11.3 Å². The molecule has 0 bridgehead atoms. The van der Waals surface area contributed by atoms with Crippen molar-refractivity contribution in [3.8, 4) is 11.5 Å². The van der Waals surface area contributed by atoms with E-state index in [0.29, 0.717) is 11.8 Å². The molecule has 106 valence electrons. The van der Waals surface area contributed by atoms with Gasteiger partial charge in [0, 0.05) is 5.56 Å². The molecular weight excluding hydrogens is 258 g/mol. The van der Waals surface area contributed by atoms with E-state index in [-0.39, 0.29) is 6.54 Å². The molecule has 0 radical (unpaired) electrons. The van der Waals surface area contributed by atoms with E-state index in [1.54, 1.807) is 25.8 Å². The number of carboxylic acid groups (broad SMARTS) is 1. The second-order valence-electron chi connectivity index (χ2n) is 5.09. The number of nitrogens with zero attached hydrogens (tertiary/aromatic N) is 3. The van der Waals surface area contributed by atoms with Gasteiger partial charge in [0.05, 0.1) is 6.54 Å². The van der Waals surface area contributed by atoms with Crippen molar-refractivity contribution < 1.29 is 14.3 Å². The quantitative estimate of drug-likeness (QED) is 0.899. The Hall–Kier alpha value is -2.21. The van der Waals surface area contributed by atoms with Gasteiger partial charge in [-0.25, -0.2) is 0 Å². The van der Waals surface area contributed by atoms with Crippen molar-refractivity contribution in [3.63, 3.8) is 0 Å². The van der Waals surface area contributed by atoms with Crippen LogP contribution in [0.5, 0.6) is 0 Å². The Kier molecular flexibility index (Phi) is 3.85. The second-order valence-corrected chi connectivity index (χ2v) is 5.09. The molecule has 20 heavy (non-hydrogen) atoms. The summed E-state index contributed by atoms with van der Waals surface area (Å²) < 4.78 is 5.56. The lowest BCUT2D eigenvalue weighted by atomic mass is 10.0. The maximum atomic E-state index is 11.2. The Bertz CT molecular complexity index is 593. The molecule has 0 spiro atoms. The zero-order valence-electron chi connectivity index (χ0n) is 11.7. The fourth-order valence-electron chi connectivity index (χ4n) is 1.58. The Labute approximate surface area is 117 Å². The molecule has 6 heteroatoms. The first kappa shape index (κ1) is 14.2. The van der Waals surface area contributed by atoms with Crippen LogP contribution in [0.25, 0.3) is 11.5 Å². The summed E-state index contributed by atoms with van der Waals surface area (Å²) >= 11 is 0. The van der Waals surface area contributed by atoms with E-state index in [4.69, 9.17) is 9.52 Å². The van der Waals surface area contributed by atoms with Crippen LogP contribution in [-0.4, -0.2) is 38.8 Å². The van der Waals surface area contributed by atoms with Crippen molar-refractivity contribution >= 4 is 5.97 Å². The van der Waals surface area contributed by atoms with Gasteiger partial charge < -0.3 is 9.52 Å². The van der Waals surface area contributed by atoms with Crippen LogP contribution in [0.1, 0.15) is 19.7 Å². The van der Waals surface area contributed by atoms with E-state index in [1.807, 2.05) is 30.3 Å². The van der Waals surface area contributed by atoms with Crippen LogP contribution in [0.3, 0.4) is 0 Å². The minimum atomic E-state index is -0.999. The smallest absolute Gasteiger partial charge is 0.323 e. The lowest BCUT2D eigenvalue weighted by Crippen LogP contribution is -2.47. The van der Waals surface area contributed by atoms with Gasteiger partial charge in [0.2, 0.25) is 11.8 Å². The normalized spacial score (nSPS) is 11.8. The molecule has 1 N–H and O–H groups in total. The Balaban J connectivity index is 2.13. The van der Waals surface area contributed by atoms with Crippen molar-refractivity contribution in [2.24, 2.45) is 0 Å². The van der Waals surface area contributed by atoms with Crippen LogP contribution in [0, 0.1) is 0 Å². The van der Waals surface area contributed by atoms with Crippen molar-refractivity contribution in [2.45, 2.75) is 25.9 Å². The van der Waals surface area contributed by atoms with E-state index < -0.39 is 11.5 Å². The summed E-state index contributed by atoms with van der Waals surface area (Å²) in [5, 5.41) is 17.1. The molecule has 1 aromatic heterocycles. The maximum absolute atomic E-state index is 11.2. The number of aliphatic carboxylic acids is 1. The largest absolute Gasteiger partial charge is 0.480 e. The maximum Gasteiger partial charge on any atom is 0.323 e. The molecule has 1 aromatic carbocycles. The van der Waals surface area contributed by atoms with E-state index >= 15 is 0 Å². The number of likely N-dealkylation sites (N-methyl/N-ethyl adjacent to an activating group) is 1. The first-order valence-electron chi connectivity index (χ1n) is 6.23. The summed E-state index contributed by atoms with van der Waals surface area (Å²) in [4.78, 5) is 12.8. The molecule has 6 nitrogen and oxygen atoms in total. The van der Waals surface area contributed by atoms with Gasteiger partial charge >= 0.3 is 5.97 Å². The molecule has 2 rings (SSSR count). The average Bonchev–Trinajstić information content (AvgIpc) is 2.88. The summed E-state index contributed by atoms with van der Waals surface area (Å²) in [5.74, 6) is -0.0781. The standard InChI is InChI=1S/C14H17N3O3/c1-14(2,13(18)19)17(3)9-11-15-16-12(20-11)10-7-5-4-6-8-10/h4-8H,9H2,1-3H3,(H,18,19). The summed E-state index contributed by atoms with van der Waals surface area (Å²) in [6, 6.07) is 9.44. The highest BCUT2D eigenvalue weighted by Crippen LogP contribution is 2.20. The van der Waals surface area contributed by atoms with Crippen molar-refractivity contribution in [2.75, 3.05) is 7.05 Å². The number of hydrogen-bond acceptors (Lipinski definition) is 5. The fraction of sp³-hybridized carbons (Fsp3) is 0.357. The second kappa shape index (κ2) is 5.42. The summed E-state index contributed by atoms with van der Waals surface area (Å²) in [6.45, 7) is 3.53. The highest BCUT2D eigenvalue weighted by atomic mass is 16.4. The van der Waals surface area contributed by atoms with Gasteiger partial charge in [-0.3, -0.25) is 9.69 Å². The number of carboxylic acids is 1. The fourth-order valence-corrected chi connectivity index (χ4v) is 1.58. The number of carbonyl (C=O) groups is 1. The number of benzene rings is 1. The van der Waals surface area contributed by atoms with Crippen LogP contribution in [0.2, 0.25) is 0 Å². The molecule has 2 aromatic rings. The number of aromatic nitrogens is 2. The van der Waals surface area contributed by atoms with Crippen LogP contribution in [0.15, 0.2) is 34.7 Å². The lowest BCUT2D eigenvalue weighted by molar-refractivity contribution is -0.149. The molecule has 0 aliphatic heterocycles. The Morgan fingerprint density at radius 1 is 1.30 bits per heavy atom. The van der Waals surface area contributed by atoms with E-state index in [0.717, 1.165) is 5.56 Å². The van der Waals surface area contributed by atoms with Crippen LogP contribution >= 0.6 is 0 Å². The third-order valence-corrected chi connectivity index (χ3v) is 3.34. The predicted molar refractivity (Wildman–Crippen MR) is 72.9 cm³/mol. The minimum Gasteiger partial charge on any atom is -0.480 e. The molecule has 0 amide bonds. The number of rotatable bonds is 5. The van der Waals surface area contributed by atoms with Crippen LogP contribution in [0.4, 0.5) is 0 Å². The Morgan fingerprint density at radius 2 is 1.95 bits per heavy atom. The minimum absolute atomic E-state index is 0.277. The van der Waals surface area contributed by atoms with Crippen molar-refractivity contribution in [1.29, 1.82) is 0 Å². The van der Waals surface area contributed by atoms with Gasteiger partial charge in [0.25, 0.3) is 0 Å². The van der Waals surface area contributed by atoms with Crippen LogP contribution < -0.4 is 0 Å². The van der Waals surface area contributed by atoms with Gasteiger partial charge in [0.15, 0.2) is 0 Å². The molecule has 0 saturated heterocycles. The highest BCUT2D eigenvalue weighted by Gasteiger charge is 2.32. The lowest BCUT2D eigenvalue weighted by Gasteiger charge is -2.29. The van der Waals surface area contributed by atoms with Crippen molar-refractivity contribution in [3.05, 3.63) is 36.2 Å². The topological polar surface area (TPSA) is 79.5 Å². The molecule has 0 aliphatic carbocycles.